The molecule has 25 heavy (non-hydrogen) atoms. The number of hydrogen-bond donors (Lipinski definition) is 0. The number of aryl methyl sites for hydroxylation is 1. The first kappa shape index (κ1) is 16.1. The smallest absolute Gasteiger partial charge is 0.314 e. The zero-order valence-electron chi connectivity index (χ0n) is 14.0. The van der Waals surface area contributed by atoms with Crippen molar-refractivity contribution in [2.45, 2.75) is 25.6 Å². The van der Waals surface area contributed by atoms with E-state index >= 15 is 0 Å². The van der Waals surface area contributed by atoms with Crippen LogP contribution in [-0.2, 0) is 16.4 Å². The van der Waals surface area contributed by atoms with E-state index < -0.39 is 9.84 Å². The first-order valence-corrected chi connectivity index (χ1v) is 10.2. The Morgan fingerprint density at radius 1 is 0.960 bits per heavy atom. The lowest BCUT2D eigenvalue weighted by atomic mass is 10.1. The van der Waals surface area contributed by atoms with Crippen molar-refractivity contribution in [3.8, 4) is 0 Å². The van der Waals surface area contributed by atoms with E-state index in [2.05, 4.69) is 0 Å². The van der Waals surface area contributed by atoms with Gasteiger partial charge in [-0.2, -0.15) is 0 Å². The predicted molar refractivity (Wildman–Crippen MR) is 97.3 cm³/mol. The number of benzene rings is 2. The van der Waals surface area contributed by atoms with Gasteiger partial charge in [-0.1, -0.05) is 42.5 Å². The van der Waals surface area contributed by atoms with Gasteiger partial charge in [0, 0.05) is 12.2 Å². The quantitative estimate of drug-likeness (QED) is 0.795. The monoisotopic (exact) mass is 356 g/mol. The van der Waals surface area contributed by atoms with Gasteiger partial charge in [0.1, 0.15) is 0 Å². The fraction of sp³-hybridized carbons (Fsp3) is 0.316. The van der Waals surface area contributed by atoms with Gasteiger partial charge in [0.05, 0.1) is 23.6 Å². The Bertz CT molecular complexity index is 911. The summed E-state index contributed by atoms with van der Waals surface area (Å²) in [6.07, 6.45) is 0. The Morgan fingerprint density at radius 3 is 2.32 bits per heavy atom. The average Bonchev–Trinajstić information content (AvgIpc) is 3.01. The summed E-state index contributed by atoms with van der Waals surface area (Å²) in [6.45, 7) is 2.44. The Labute approximate surface area is 147 Å². The lowest BCUT2D eigenvalue weighted by Gasteiger charge is -2.23. The standard InChI is InChI=1S/C19H20N2O3S/c1-14-7-5-6-8-15(14)11-20-17-12-25(23,24)13-18(17)21(19(20)22)16-9-3-2-4-10-16/h2-10,17-18H,11-13H2,1H3/t17-,18-/m0/s1. The molecule has 0 radical (unpaired) electrons. The van der Waals surface area contributed by atoms with E-state index in [-0.39, 0.29) is 29.6 Å². The van der Waals surface area contributed by atoms with E-state index in [9.17, 15) is 13.2 Å². The highest BCUT2D eigenvalue weighted by Crippen LogP contribution is 2.36. The summed E-state index contributed by atoms with van der Waals surface area (Å²) in [5.74, 6) is 0.0706. The molecule has 6 heteroatoms. The first-order valence-electron chi connectivity index (χ1n) is 8.36. The van der Waals surface area contributed by atoms with Crippen LogP contribution in [-0.4, -0.2) is 42.9 Å². The van der Waals surface area contributed by atoms with Crippen molar-refractivity contribution < 1.29 is 13.2 Å². The van der Waals surface area contributed by atoms with Crippen molar-refractivity contribution >= 4 is 21.6 Å². The third kappa shape index (κ3) is 2.80. The molecular weight excluding hydrogens is 336 g/mol. The zero-order chi connectivity index (χ0) is 17.6. The minimum absolute atomic E-state index is 0.0303. The maximum atomic E-state index is 13.1. The van der Waals surface area contributed by atoms with E-state index in [1.807, 2.05) is 61.5 Å². The Kier molecular flexibility index (Phi) is 3.80. The van der Waals surface area contributed by atoms with Crippen LogP contribution < -0.4 is 4.90 Å². The molecular formula is C19H20N2O3S. The molecule has 0 spiro atoms. The van der Waals surface area contributed by atoms with Crippen LogP contribution in [0.15, 0.2) is 54.6 Å². The highest BCUT2D eigenvalue weighted by atomic mass is 32.2. The van der Waals surface area contributed by atoms with Gasteiger partial charge in [0.2, 0.25) is 0 Å². The number of sulfone groups is 1. The summed E-state index contributed by atoms with van der Waals surface area (Å²) in [7, 11) is -3.14. The van der Waals surface area contributed by atoms with Gasteiger partial charge in [-0.3, -0.25) is 4.90 Å². The van der Waals surface area contributed by atoms with Gasteiger partial charge in [-0.05, 0) is 30.2 Å². The number of hydrogen-bond acceptors (Lipinski definition) is 3. The lowest BCUT2D eigenvalue weighted by Crippen LogP contribution is -2.37. The van der Waals surface area contributed by atoms with Crippen molar-refractivity contribution in [3.63, 3.8) is 0 Å². The molecule has 2 aliphatic heterocycles. The van der Waals surface area contributed by atoms with Crippen LogP contribution in [0.3, 0.4) is 0 Å². The normalized spacial score (nSPS) is 24.6. The molecule has 2 fully saturated rings. The largest absolute Gasteiger partial charge is 0.325 e. The fourth-order valence-electron chi connectivity index (χ4n) is 3.82. The van der Waals surface area contributed by atoms with Gasteiger partial charge >= 0.3 is 6.03 Å². The molecule has 130 valence electrons. The summed E-state index contributed by atoms with van der Waals surface area (Å²) in [4.78, 5) is 16.5. The van der Waals surface area contributed by atoms with E-state index in [0.717, 1.165) is 16.8 Å². The van der Waals surface area contributed by atoms with Crippen LogP contribution in [0.1, 0.15) is 11.1 Å². The highest BCUT2D eigenvalue weighted by Gasteiger charge is 2.53. The number of anilines is 1. The van der Waals surface area contributed by atoms with Crippen molar-refractivity contribution in [3.05, 3.63) is 65.7 Å². The molecule has 4 rings (SSSR count). The molecule has 0 unspecified atom stereocenters. The zero-order valence-corrected chi connectivity index (χ0v) is 14.8. The van der Waals surface area contributed by atoms with Gasteiger partial charge in [-0.15, -0.1) is 0 Å². The molecule has 0 bridgehead atoms. The number of carbonyl (C=O) groups excluding carboxylic acids is 1. The Hall–Kier alpha value is -2.34. The number of carbonyl (C=O) groups is 1. The molecule has 2 aromatic rings. The second-order valence-electron chi connectivity index (χ2n) is 6.75. The molecule has 2 aliphatic rings. The Morgan fingerprint density at radius 2 is 1.60 bits per heavy atom. The maximum Gasteiger partial charge on any atom is 0.325 e. The van der Waals surface area contributed by atoms with Crippen LogP contribution in [0.2, 0.25) is 0 Å². The minimum atomic E-state index is -3.14. The van der Waals surface area contributed by atoms with Crippen molar-refractivity contribution in [2.24, 2.45) is 0 Å². The van der Waals surface area contributed by atoms with Crippen LogP contribution in [0, 0.1) is 6.92 Å². The van der Waals surface area contributed by atoms with Crippen molar-refractivity contribution in [1.29, 1.82) is 0 Å². The predicted octanol–water partition coefficient (Wildman–Crippen LogP) is 2.60. The second kappa shape index (κ2) is 5.88. The van der Waals surface area contributed by atoms with E-state index in [1.54, 1.807) is 9.80 Å². The average molecular weight is 356 g/mol. The number of nitrogens with zero attached hydrogens (tertiary/aromatic N) is 2. The number of urea groups is 1. The molecule has 2 amide bonds. The SMILES string of the molecule is Cc1ccccc1CN1C(=O)N(c2ccccc2)[C@H]2CS(=O)(=O)C[C@@H]21. The number of amides is 2. The maximum absolute atomic E-state index is 13.1. The molecule has 2 heterocycles. The van der Waals surface area contributed by atoms with Gasteiger partial charge in [-0.25, -0.2) is 13.2 Å². The van der Waals surface area contributed by atoms with Crippen molar-refractivity contribution in [1.82, 2.24) is 4.90 Å². The molecule has 2 aromatic carbocycles. The molecule has 0 aromatic heterocycles. The minimum Gasteiger partial charge on any atom is -0.314 e. The van der Waals surface area contributed by atoms with Crippen LogP contribution in [0.25, 0.3) is 0 Å². The van der Waals surface area contributed by atoms with Crippen LogP contribution >= 0.6 is 0 Å². The molecule has 2 atom stereocenters. The summed E-state index contributed by atoms with van der Waals surface area (Å²) in [5, 5.41) is 0. The third-order valence-electron chi connectivity index (χ3n) is 5.11. The number of fused-ring (bicyclic) bond motifs is 1. The van der Waals surface area contributed by atoms with Gasteiger partial charge in [0.15, 0.2) is 9.84 Å². The van der Waals surface area contributed by atoms with Crippen molar-refractivity contribution in [2.75, 3.05) is 16.4 Å². The second-order valence-corrected chi connectivity index (χ2v) is 8.91. The molecule has 0 aliphatic carbocycles. The highest BCUT2D eigenvalue weighted by molar-refractivity contribution is 7.91. The topological polar surface area (TPSA) is 57.7 Å². The number of para-hydroxylation sites is 1. The van der Waals surface area contributed by atoms with Crippen LogP contribution in [0.5, 0.6) is 0 Å². The van der Waals surface area contributed by atoms with Crippen LogP contribution in [0.4, 0.5) is 10.5 Å². The molecule has 5 nitrogen and oxygen atoms in total. The third-order valence-corrected chi connectivity index (χ3v) is 6.81. The van der Waals surface area contributed by atoms with E-state index in [1.165, 1.54) is 0 Å². The Balaban J connectivity index is 1.72. The summed E-state index contributed by atoms with van der Waals surface area (Å²) in [6, 6.07) is 16.5. The van der Waals surface area contributed by atoms with Gasteiger partial charge < -0.3 is 4.90 Å². The first-order chi connectivity index (χ1) is 12.0. The van der Waals surface area contributed by atoms with E-state index in [4.69, 9.17) is 0 Å². The fourth-order valence-corrected chi connectivity index (χ4v) is 5.77. The molecule has 2 saturated heterocycles. The summed E-state index contributed by atoms with van der Waals surface area (Å²) >= 11 is 0. The van der Waals surface area contributed by atoms with Gasteiger partial charge in [0.25, 0.3) is 0 Å². The molecule has 0 N–H and O–H groups in total. The lowest BCUT2D eigenvalue weighted by molar-refractivity contribution is 0.205. The summed E-state index contributed by atoms with van der Waals surface area (Å²) in [5.41, 5.74) is 2.91. The van der Waals surface area contributed by atoms with E-state index in [0.29, 0.717) is 6.54 Å². The number of rotatable bonds is 3. The molecule has 0 saturated carbocycles. The summed E-state index contributed by atoms with van der Waals surface area (Å²) < 4.78 is 24.5.